The van der Waals surface area contributed by atoms with Crippen LogP contribution in [0.4, 0.5) is 0 Å². The van der Waals surface area contributed by atoms with Gasteiger partial charge >= 0.3 is 0 Å². The van der Waals surface area contributed by atoms with Crippen molar-refractivity contribution in [2.75, 3.05) is 12.3 Å². The summed E-state index contributed by atoms with van der Waals surface area (Å²) in [5, 5.41) is -0.314. The summed E-state index contributed by atoms with van der Waals surface area (Å²) in [5.41, 5.74) is 3.11. The Balaban J connectivity index is 1.82. The van der Waals surface area contributed by atoms with Gasteiger partial charge in [-0.05, 0) is 32.4 Å². The van der Waals surface area contributed by atoms with E-state index in [9.17, 15) is 8.42 Å². The highest BCUT2D eigenvalue weighted by molar-refractivity contribution is 7.92. The molecule has 21 heavy (non-hydrogen) atoms. The molecule has 114 valence electrons. The van der Waals surface area contributed by atoms with E-state index in [1.54, 1.807) is 6.92 Å². The van der Waals surface area contributed by atoms with Crippen LogP contribution in [0, 0.1) is 6.92 Å². The Labute approximate surface area is 125 Å². The summed E-state index contributed by atoms with van der Waals surface area (Å²) >= 11 is 0. The lowest BCUT2D eigenvalue weighted by Gasteiger charge is -2.37. The molecule has 3 heterocycles. The minimum absolute atomic E-state index is 0.0234. The van der Waals surface area contributed by atoms with Crippen LogP contribution in [0.5, 0.6) is 0 Å². The number of pyridine rings is 1. The van der Waals surface area contributed by atoms with Crippen molar-refractivity contribution in [2.24, 2.45) is 0 Å². The highest BCUT2D eigenvalue weighted by atomic mass is 32.2. The molecule has 6 heteroatoms. The van der Waals surface area contributed by atoms with Crippen molar-refractivity contribution in [1.29, 1.82) is 0 Å². The van der Waals surface area contributed by atoms with Crippen LogP contribution < -0.4 is 0 Å². The van der Waals surface area contributed by atoms with E-state index in [0.29, 0.717) is 13.1 Å². The van der Waals surface area contributed by atoms with E-state index in [1.807, 2.05) is 29.7 Å². The number of nitrogens with zero attached hydrogens (tertiary/aromatic N) is 3. The average molecular weight is 307 g/mol. The lowest BCUT2D eigenvalue weighted by Crippen LogP contribution is -2.51. The molecule has 0 spiro atoms. The minimum Gasteiger partial charge on any atom is -0.307 e. The van der Waals surface area contributed by atoms with Gasteiger partial charge in [0.1, 0.15) is 5.65 Å². The van der Waals surface area contributed by atoms with Gasteiger partial charge in [-0.1, -0.05) is 6.07 Å². The Kier molecular flexibility index (Phi) is 3.53. The molecule has 0 saturated carbocycles. The number of hydrogen-bond acceptors (Lipinski definition) is 4. The molecule has 1 saturated heterocycles. The summed E-state index contributed by atoms with van der Waals surface area (Å²) in [4.78, 5) is 6.82. The summed E-state index contributed by atoms with van der Waals surface area (Å²) in [6.45, 7) is 7.13. The Morgan fingerprint density at radius 2 is 2.05 bits per heavy atom. The van der Waals surface area contributed by atoms with Crippen molar-refractivity contribution >= 4 is 15.5 Å². The summed E-state index contributed by atoms with van der Waals surface area (Å²) in [6.07, 6.45) is 4.08. The third-order valence-corrected chi connectivity index (χ3v) is 6.78. The van der Waals surface area contributed by atoms with Gasteiger partial charge in [-0.25, -0.2) is 13.4 Å². The summed E-state index contributed by atoms with van der Waals surface area (Å²) in [5.74, 6) is 0.241. The Hall–Kier alpha value is -1.40. The molecule has 2 aromatic rings. The predicted molar refractivity (Wildman–Crippen MR) is 83.0 cm³/mol. The number of imidazole rings is 1. The van der Waals surface area contributed by atoms with Crippen molar-refractivity contribution in [3.63, 3.8) is 0 Å². The van der Waals surface area contributed by atoms with E-state index >= 15 is 0 Å². The second kappa shape index (κ2) is 5.10. The van der Waals surface area contributed by atoms with Crippen LogP contribution >= 0.6 is 0 Å². The van der Waals surface area contributed by atoms with Gasteiger partial charge in [0, 0.05) is 31.5 Å². The maximum absolute atomic E-state index is 11.9. The normalized spacial score (nSPS) is 26.2. The third kappa shape index (κ3) is 2.70. The average Bonchev–Trinajstić information content (AvgIpc) is 2.81. The number of fused-ring (bicyclic) bond motifs is 1. The third-order valence-electron chi connectivity index (χ3n) is 4.50. The maximum atomic E-state index is 11.9. The monoisotopic (exact) mass is 307 g/mol. The van der Waals surface area contributed by atoms with Crippen LogP contribution in [0.15, 0.2) is 24.5 Å². The lowest BCUT2D eigenvalue weighted by molar-refractivity contribution is 0.195. The fourth-order valence-electron chi connectivity index (χ4n) is 2.89. The van der Waals surface area contributed by atoms with E-state index in [0.717, 1.165) is 11.3 Å². The summed E-state index contributed by atoms with van der Waals surface area (Å²) < 4.78 is 25.9. The first-order valence-corrected chi connectivity index (χ1v) is 8.98. The number of aromatic nitrogens is 2. The number of aryl methyl sites for hydroxylation is 1. The second-order valence-electron chi connectivity index (χ2n) is 5.99. The van der Waals surface area contributed by atoms with E-state index in [1.165, 1.54) is 5.56 Å². The largest absolute Gasteiger partial charge is 0.307 e. The fraction of sp³-hybridized carbons (Fsp3) is 0.533. The Bertz CT molecular complexity index is 766. The number of hydrogen-bond donors (Lipinski definition) is 0. The van der Waals surface area contributed by atoms with Gasteiger partial charge in [-0.15, -0.1) is 0 Å². The minimum atomic E-state index is -2.93. The first kappa shape index (κ1) is 14.5. The van der Waals surface area contributed by atoms with Gasteiger partial charge in [0.2, 0.25) is 0 Å². The molecule has 1 aliphatic rings. The molecule has 2 atom stereocenters. The van der Waals surface area contributed by atoms with Gasteiger partial charge in [0.25, 0.3) is 0 Å². The Morgan fingerprint density at radius 1 is 1.29 bits per heavy atom. The van der Waals surface area contributed by atoms with Crippen molar-refractivity contribution in [2.45, 2.75) is 38.6 Å². The van der Waals surface area contributed by atoms with E-state index in [4.69, 9.17) is 0 Å². The predicted octanol–water partition coefficient (Wildman–Crippen LogP) is 1.65. The molecule has 1 aliphatic heterocycles. The molecule has 0 radical (unpaired) electrons. The molecule has 0 aliphatic carbocycles. The summed E-state index contributed by atoms with van der Waals surface area (Å²) in [7, 11) is -2.93. The van der Waals surface area contributed by atoms with Crippen LogP contribution in [-0.4, -0.2) is 46.3 Å². The molecule has 1 fully saturated rings. The van der Waals surface area contributed by atoms with Gasteiger partial charge in [0.15, 0.2) is 9.84 Å². The Morgan fingerprint density at radius 3 is 2.81 bits per heavy atom. The number of rotatable bonds is 2. The highest BCUT2D eigenvalue weighted by Gasteiger charge is 2.35. The topological polar surface area (TPSA) is 54.7 Å². The fourth-order valence-corrected chi connectivity index (χ4v) is 4.53. The smallest absolute Gasteiger partial charge is 0.155 e. The molecular weight excluding hydrogens is 286 g/mol. The zero-order valence-electron chi connectivity index (χ0n) is 12.7. The van der Waals surface area contributed by atoms with Crippen LogP contribution in [0.2, 0.25) is 0 Å². The van der Waals surface area contributed by atoms with E-state index in [-0.39, 0.29) is 17.0 Å². The van der Waals surface area contributed by atoms with Gasteiger partial charge in [-0.3, -0.25) is 4.90 Å². The van der Waals surface area contributed by atoms with Crippen molar-refractivity contribution in [1.82, 2.24) is 14.3 Å². The first-order valence-electron chi connectivity index (χ1n) is 7.27. The van der Waals surface area contributed by atoms with Crippen LogP contribution in [-0.2, 0) is 16.4 Å². The van der Waals surface area contributed by atoms with Crippen molar-refractivity contribution < 1.29 is 8.42 Å². The molecule has 0 aromatic carbocycles. The lowest BCUT2D eigenvalue weighted by atomic mass is 10.2. The van der Waals surface area contributed by atoms with Gasteiger partial charge < -0.3 is 4.40 Å². The van der Waals surface area contributed by atoms with Gasteiger partial charge in [-0.2, -0.15) is 0 Å². The quantitative estimate of drug-likeness (QED) is 0.846. The molecule has 0 amide bonds. The number of sulfone groups is 1. The second-order valence-corrected chi connectivity index (χ2v) is 8.46. The van der Waals surface area contributed by atoms with Crippen LogP contribution in [0.3, 0.4) is 0 Å². The molecule has 0 N–H and O–H groups in total. The SMILES string of the molecule is Cc1ccc2nc(CN3CCS(=O)(=O)[C@H](C)[C@@H]3C)cn2c1. The summed E-state index contributed by atoms with van der Waals surface area (Å²) in [6, 6.07) is 4.07. The molecule has 3 rings (SSSR count). The standard InChI is InChI=1S/C15H21N3O2S/c1-11-4-5-15-16-14(10-18(15)8-11)9-17-6-7-21(19,20)13(3)12(17)2/h4-5,8,10,12-13H,6-7,9H2,1-3H3/t12-,13+/m0/s1. The van der Waals surface area contributed by atoms with E-state index < -0.39 is 9.84 Å². The first-order chi connectivity index (χ1) is 9.87. The zero-order chi connectivity index (χ0) is 15.2. The van der Waals surface area contributed by atoms with Crippen LogP contribution in [0.25, 0.3) is 5.65 Å². The molecular formula is C15H21N3O2S. The molecule has 2 aromatic heterocycles. The van der Waals surface area contributed by atoms with Gasteiger partial charge in [0.05, 0.1) is 16.7 Å². The molecule has 0 bridgehead atoms. The zero-order valence-corrected chi connectivity index (χ0v) is 13.5. The van der Waals surface area contributed by atoms with Crippen molar-refractivity contribution in [3.05, 3.63) is 35.8 Å². The highest BCUT2D eigenvalue weighted by Crippen LogP contribution is 2.21. The molecule has 5 nitrogen and oxygen atoms in total. The molecule has 0 unspecified atom stereocenters. The van der Waals surface area contributed by atoms with Crippen LogP contribution in [0.1, 0.15) is 25.1 Å². The maximum Gasteiger partial charge on any atom is 0.155 e. The van der Waals surface area contributed by atoms with Crippen molar-refractivity contribution in [3.8, 4) is 0 Å². The van der Waals surface area contributed by atoms with E-state index in [2.05, 4.69) is 23.0 Å².